The van der Waals surface area contributed by atoms with Crippen molar-refractivity contribution in [3.63, 3.8) is 0 Å². The van der Waals surface area contributed by atoms with Gasteiger partial charge in [-0.15, -0.1) is 0 Å². The Kier molecular flexibility index (Phi) is 11.4. The molecule has 0 saturated carbocycles. The van der Waals surface area contributed by atoms with Crippen LogP contribution in [0.3, 0.4) is 0 Å². The summed E-state index contributed by atoms with van der Waals surface area (Å²) in [5.41, 5.74) is 6.27. The van der Waals surface area contributed by atoms with Gasteiger partial charge >= 0.3 is 0 Å². The maximum absolute atomic E-state index is 13.1. The molecule has 0 spiro atoms. The van der Waals surface area contributed by atoms with Crippen molar-refractivity contribution >= 4 is 40.7 Å². The highest BCUT2D eigenvalue weighted by Gasteiger charge is 2.26. The highest BCUT2D eigenvalue weighted by molar-refractivity contribution is 7.76. The van der Waals surface area contributed by atoms with E-state index in [2.05, 4.69) is 5.32 Å². The van der Waals surface area contributed by atoms with E-state index in [1.807, 2.05) is 17.1 Å². The first-order valence-electron chi connectivity index (χ1n) is 10.4. The molecule has 0 aromatic heterocycles. The van der Waals surface area contributed by atoms with E-state index >= 15 is 0 Å². The van der Waals surface area contributed by atoms with Gasteiger partial charge < -0.3 is 26.1 Å². The number of hydrogen-bond acceptors (Lipinski definition) is 6. The molecule has 1 aliphatic heterocycles. The summed E-state index contributed by atoms with van der Waals surface area (Å²) in [6.07, 6.45) is 7.47. The number of piperazine rings is 1. The summed E-state index contributed by atoms with van der Waals surface area (Å²) < 4.78 is 27.8. The fraction of sp³-hybridized carbons (Fsp3) is 0.429. The van der Waals surface area contributed by atoms with Crippen LogP contribution in [0.4, 0.5) is 5.69 Å². The Hall–Kier alpha value is -2.24. The first kappa shape index (κ1) is 26.0. The van der Waals surface area contributed by atoms with Gasteiger partial charge in [0.05, 0.1) is 6.61 Å². The fourth-order valence-corrected chi connectivity index (χ4v) is 3.81. The van der Waals surface area contributed by atoms with Crippen LogP contribution < -0.4 is 11.1 Å². The number of nitrogens with zero attached hydrogens (tertiary/aromatic N) is 2. The molecule has 1 saturated heterocycles. The zero-order valence-electron chi connectivity index (χ0n) is 17.8. The topological polar surface area (TPSA) is 132 Å². The monoisotopic (exact) mass is 483 g/mol. The minimum absolute atomic E-state index is 0.0380. The Labute approximate surface area is 196 Å². The predicted octanol–water partition coefficient (Wildman–Crippen LogP) is 2.60. The SMILES string of the molecule is N=C/C(=C(/OCCCC/C=C/CN)C(=O)Nc1cccc(Cl)c1)N1CCN(S(=O)O)CC1. The number of allylic oxidation sites excluding steroid dienone is 2. The molecule has 2 rings (SSSR count). The van der Waals surface area contributed by atoms with Crippen LogP contribution in [0.1, 0.15) is 19.3 Å². The molecule has 32 heavy (non-hydrogen) atoms. The van der Waals surface area contributed by atoms with E-state index in [9.17, 15) is 13.6 Å². The van der Waals surface area contributed by atoms with E-state index in [0.29, 0.717) is 55.7 Å². The summed E-state index contributed by atoms with van der Waals surface area (Å²) in [5, 5.41) is 11.2. The third-order valence-electron chi connectivity index (χ3n) is 4.77. The second kappa shape index (κ2) is 14.0. The van der Waals surface area contributed by atoms with Crippen LogP contribution in [0, 0.1) is 5.41 Å². The molecule has 11 heteroatoms. The van der Waals surface area contributed by atoms with Crippen molar-refractivity contribution in [3.05, 3.63) is 52.9 Å². The lowest BCUT2D eigenvalue weighted by atomic mass is 10.2. The number of unbranched alkanes of at least 4 members (excludes halogenated alkanes) is 2. The third kappa shape index (κ3) is 8.36. The van der Waals surface area contributed by atoms with Gasteiger partial charge in [-0.25, -0.2) is 4.21 Å². The van der Waals surface area contributed by atoms with E-state index in [1.54, 1.807) is 24.3 Å². The second-order valence-corrected chi connectivity index (χ2v) is 8.44. The molecule has 1 aliphatic rings. The maximum atomic E-state index is 13.1. The lowest BCUT2D eigenvalue weighted by molar-refractivity contribution is -0.116. The lowest BCUT2D eigenvalue weighted by Gasteiger charge is -2.34. The zero-order chi connectivity index (χ0) is 23.3. The Morgan fingerprint density at radius 1 is 1.28 bits per heavy atom. The quantitative estimate of drug-likeness (QED) is 0.0902. The van der Waals surface area contributed by atoms with Crippen molar-refractivity contribution in [2.24, 2.45) is 5.73 Å². The molecule has 176 valence electrons. The van der Waals surface area contributed by atoms with E-state index in [4.69, 9.17) is 27.5 Å². The smallest absolute Gasteiger partial charge is 0.293 e. The van der Waals surface area contributed by atoms with E-state index in [1.165, 1.54) is 4.31 Å². The van der Waals surface area contributed by atoms with Gasteiger partial charge in [0.25, 0.3) is 5.91 Å². The standard InChI is InChI=1S/C21H30ClN5O4S/c22-17-7-6-8-18(15-17)25-21(28)20(31-14-5-3-1-2-4-9-23)19(16-24)26-10-12-27(13-11-26)32(29)30/h2,4,6-8,15-16,24H,1,3,5,9-14,23H2,(H,25,28)(H,29,30)/b4-2+,20-19-,24-16?. The molecule has 0 bridgehead atoms. The number of carbonyl (C=O) groups is 1. The predicted molar refractivity (Wildman–Crippen MR) is 128 cm³/mol. The van der Waals surface area contributed by atoms with Crippen molar-refractivity contribution < 1.29 is 18.3 Å². The number of hydrogen-bond donors (Lipinski definition) is 4. The van der Waals surface area contributed by atoms with Crippen LogP contribution in [0.25, 0.3) is 0 Å². The summed E-state index contributed by atoms with van der Waals surface area (Å²) in [4.78, 5) is 14.9. The zero-order valence-corrected chi connectivity index (χ0v) is 19.4. The van der Waals surface area contributed by atoms with Crippen molar-refractivity contribution in [1.29, 1.82) is 5.41 Å². The number of amides is 1. The van der Waals surface area contributed by atoms with Crippen LogP contribution in [-0.4, -0.2) is 69.4 Å². The lowest BCUT2D eigenvalue weighted by Crippen LogP contribution is -2.47. The van der Waals surface area contributed by atoms with Crippen LogP contribution in [0.5, 0.6) is 0 Å². The average molecular weight is 484 g/mol. The van der Waals surface area contributed by atoms with Gasteiger partial charge in [-0.3, -0.25) is 9.35 Å². The van der Waals surface area contributed by atoms with Crippen molar-refractivity contribution in [2.75, 3.05) is 44.6 Å². The Bertz CT molecular complexity index is 856. The number of ether oxygens (including phenoxy) is 1. The Balaban J connectivity index is 2.14. The molecule has 0 radical (unpaired) electrons. The third-order valence-corrected chi connectivity index (χ3v) is 5.81. The minimum Gasteiger partial charge on any atom is -0.486 e. The largest absolute Gasteiger partial charge is 0.486 e. The number of carbonyl (C=O) groups excluding carboxylic acids is 1. The molecule has 1 aromatic rings. The minimum atomic E-state index is -2.04. The Morgan fingerprint density at radius 2 is 2.03 bits per heavy atom. The fourth-order valence-electron chi connectivity index (χ4n) is 3.15. The summed E-state index contributed by atoms with van der Waals surface area (Å²) in [6.45, 7) is 2.25. The highest BCUT2D eigenvalue weighted by Crippen LogP contribution is 2.19. The van der Waals surface area contributed by atoms with Crippen LogP contribution >= 0.6 is 11.6 Å². The van der Waals surface area contributed by atoms with Gasteiger partial charge in [0, 0.05) is 49.6 Å². The summed E-state index contributed by atoms with van der Waals surface area (Å²) in [6, 6.07) is 6.77. The Morgan fingerprint density at radius 3 is 2.66 bits per heavy atom. The molecule has 9 nitrogen and oxygen atoms in total. The number of nitrogens with one attached hydrogen (secondary N) is 2. The summed E-state index contributed by atoms with van der Waals surface area (Å²) in [5.74, 6) is -0.446. The van der Waals surface area contributed by atoms with E-state index in [0.717, 1.165) is 25.5 Å². The molecular formula is C21H30ClN5O4S. The number of halogens is 1. The molecule has 1 atom stereocenters. The number of nitrogens with two attached hydrogens (primary N) is 1. The van der Waals surface area contributed by atoms with Gasteiger partial charge in [-0.1, -0.05) is 29.8 Å². The molecule has 1 aromatic carbocycles. The van der Waals surface area contributed by atoms with Gasteiger partial charge in [-0.05, 0) is 37.5 Å². The van der Waals surface area contributed by atoms with Crippen LogP contribution in [-0.2, 0) is 20.8 Å². The van der Waals surface area contributed by atoms with Crippen molar-refractivity contribution in [1.82, 2.24) is 9.21 Å². The van der Waals surface area contributed by atoms with E-state index in [-0.39, 0.29) is 5.76 Å². The molecule has 5 N–H and O–H groups in total. The molecule has 1 amide bonds. The van der Waals surface area contributed by atoms with Gasteiger partial charge in [0.15, 0.2) is 0 Å². The summed E-state index contributed by atoms with van der Waals surface area (Å²) in [7, 11) is 0. The van der Waals surface area contributed by atoms with Crippen LogP contribution in [0.15, 0.2) is 47.9 Å². The summed E-state index contributed by atoms with van der Waals surface area (Å²) >= 11 is 3.97. The maximum Gasteiger partial charge on any atom is 0.293 e. The van der Waals surface area contributed by atoms with Crippen molar-refractivity contribution in [3.8, 4) is 0 Å². The average Bonchev–Trinajstić information content (AvgIpc) is 2.78. The number of anilines is 1. The molecule has 1 heterocycles. The number of benzene rings is 1. The normalized spacial score (nSPS) is 16.5. The number of rotatable bonds is 12. The van der Waals surface area contributed by atoms with Crippen LogP contribution in [0.2, 0.25) is 5.02 Å². The highest BCUT2D eigenvalue weighted by atomic mass is 35.5. The van der Waals surface area contributed by atoms with Gasteiger partial charge in [-0.2, -0.15) is 4.31 Å². The second-order valence-electron chi connectivity index (χ2n) is 7.02. The first-order valence-corrected chi connectivity index (χ1v) is 11.8. The molecular weight excluding hydrogens is 454 g/mol. The first-order chi connectivity index (χ1) is 15.5. The van der Waals surface area contributed by atoms with Gasteiger partial charge in [0.1, 0.15) is 5.70 Å². The van der Waals surface area contributed by atoms with Crippen molar-refractivity contribution in [2.45, 2.75) is 19.3 Å². The van der Waals surface area contributed by atoms with Gasteiger partial charge in [0.2, 0.25) is 17.0 Å². The molecule has 0 aliphatic carbocycles. The molecule has 1 unspecified atom stereocenters. The molecule has 1 fully saturated rings. The van der Waals surface area contributed by atoms with E-state index < -0.39 is 17.2 Å².